The molecule has 3 fully saturated rings. The largest absolute Gasteiger partial charge is 1.00 e. The second-order valence-corrected chi connectivity index (χ2v) is 17.9. The van der Waals surface area contributed by atoms with Gasteiger partial charge in [-0.1, -0.05) is 26.8 Å². The quantitative estimate of drug-likeness (QED) is 0.308. The highest BCUT2D eigenvalue weighted by Crippen LogP contribution is 2.68. The van der Waals surface area contributed by atoms with E-state index in [2.05, 4.69) is 60.1 Å². The number of quaternary nitrogens is 1. The van der Waals surface area contributed by atoms with Crippen LogP contribution in [0.25, 0.3) is 0 Å². The van der Waals surface area contributed by atoms with Gasteiger partial charge in [0.25, 0.3) is 8.32 Å². The van der Waals surface area contributed by atoms with Gasteiger partial charge in [-0.05, 0) is 36.2 Å². The number of benzene rings is 1. The average Bonchev–Trinajstić information content (AvgIpc) is 3.32. The lowest BCUT2D eigenvalue weighted by molar-refractivity contribution is -0.932. The van der Waals surface area contributed by atoms with Crippen molar-refractivity contribution < 1.29 is 52.2 Å². The van der Waals surface area contributed by atoms with E-state index < -0.39 is 25.1 Å². The maximum absolute atomic E-state index is 12.6. The van der Waals surface area contributed by atoms with Gasteiger partial charge in [-0.15, -0.1) is 0 Å². The summed E-state index contributed by atoms with van der Waals surface area (Å²) in [6, 6.07) is 4.48. The first-order chi connectivity index (χ1) is 15.3. The number of rotatable bonds is 2. The van der Waals surface area contributed by atoms with Gasteiger partial charge in [0.1, 0.15) is 17.4 Å². The van der Waals surface area contributed by atoms with Crippen LogP contribution in [0.15, 0.2) is 12.1 Å². The fourth-order valence-corrected chi connectivity index (χ4v) is 8.41. The number of halogens is 1. The van der Waals surface area contributed by atoms with Crippen LogP contribution in [-0.4, -0.2) is 75.3 Å². The number of piperidine rings is 1. The van der Waals surface area contributed by atoms with Crippen LogP contribution < -0.4 is 33.1 Å². The molecule has 1 aromatic rings. The van der Waals surface area contributed by atoms with Crippen LogP contribution in [0.4, 0.5) is 0 Å². The zero-order valence-electron chi connectivity index (χ0n) is 21.7. The Kier molecular flexibility index (Phi) is 5.46. The summed E-state index contributed by atoms with van der Waals surface area (Å²) in [6.07, 6.45) is 2.70. The van der Waals surface area contributed by atoms with Gasteiger partial charge in [-0.3, -0.25) is 0 Å². The van der Waals surface area contributed by atoms with Gasteiger partial charge in [0.2, 0.25) is 5.79 Å². The Morgan fingerprint density at radius 3 is 2.41 bits per heavy atom. The Morgan fingerprint density at radius 2 is 1.76 bits per heavy atom. The summed E-state index contributed by atoms with van der Waals surface area (Å²) >= 11 is 0. The number of likely N-dealkylation sites (N-methyl/N-ethyl adjacent to an activating group) is 1. The molecule has 3 unspecified atom stereocenters. The number of ether oxygens (including phenoxy) is 3. The van der Waals surface area contributed by atoms with Crippen molar-refractivity contribution in [1.82, 2.24) is 0 Å². The lowest BCUT2D eigenvalue weighted by Gasteiger charge is -2.65. The molecule has 3 aliphatic heterocycles. The van der Waals surface area contributed by atoms with Crippen LogP contribution in [-0.2, 0) is 21.3 Å². The molecule has 1 aromatic carbocycles. The molecule has 34 heavy (non-hydrogen) atoms. The number of hydrogen-bond donors (Lipinski definition) is 1. The number of hydrogen-bond acceptors (Lipinski definition) is 5. The molecule has 1 saturated carbocycles. The predicted octanol–water partition coefficient (Wildman–Crippen LogP) is 0.746. The second kappa shape index (κ2) is 7.34. The summed E-state index contributed by atoms with van der Waals surface area (Å²) < 4.78 is 27.2. The van der Waals surface area contributed by atoms with Gasteiger partial charge in [-0.25, -0.2) is 0 Å². The van der Waals surface area contributed by atoms with Gasteiger partial charge in [0.15, 0.2) is 11.9 Å². The molecule has 2 saturated heterocycles. The first-order valence-corrected chi connectivity index (χ1v) is 15.5. The third kappa shape index (κ3) is 2.93. The molecular weight excluding hydrogens is 561 g/mol. The van der Waals surface area contributed by atoms with Crippen molar-refractivity contribution >= 4 is 8.32 Å². The first-order valence-electron chi connectivity index (χ1n) is 12.6. The summed E-state index contributed by atoms with van der Waals surface area (Å²) in [7, 11) is 2.47. The molecule has 4 atom stereocenters. The summed E-state index contributed by atoms with van der Waals surface area (Å²) in [6.45, 7) is 13.5. The number of fused-ring (bicyclic) bond motifs is 1. The Hall–Kier alpha value is -0.393. The number of likely N-dealkylation sites (tertiary alicyclic amines) is 1. The standard InChI is InChI=1S/C26H40NO5Si.HI/c1-23(2,3)33(6,7)32-18-9-8-17-16-19-25(28)10-11-26(29-14-15-30-26)22-24(25,12-13-27(19,4)5)20(17)21(18)31-22;/h8-9,19,22,28H,10-16H2,1-7H3;1H/q+1;/p-1/t19?,22?,24?,25-;/m1./s1. The normalized spacial score (nSPS) is 36.5. The molecule has 6 rings (SSSR count). The number of aliphatic hydroxyl groups is 1. The molecule has 5 aliphatic rings. The minimum absolute atomic E-state index is 0. The molecule has 2 spiro atoms. The van der Waals surface area contributed by atoms with Crippen molar-refractivity contribution in [3.8, 4) is 11.5 Å². The van der Waals surface area contributed by atoms with Gasteiger partial charge in [-0.2, -0.15) is 0 Å². The molecule has 6 nitrogen and oxygen atoms in total. The minimum atomic E-state index is -2.08. The zero-order chi connectivity index (χ0) is 23.7. The SMILES string of the molecule is CC(C)(C)[Si](C)(C)Oc1ccc2c3c1OC1C4(CC[C@@]5(O)C(C2)[N+](C)(C)CCC315)OCCO4.[I-]. The van der Waals surface area contributed by atoms with Crippen LogP contribution in [0, 0.1) is 0 Å². The maximum atomic E-state index is 12.6. The highest BCUT2D eigenvalue weighted by Gasteiger charge is 2.79. The molecule has 0 radical (unpaired) electrons. The lowest BCUT2D eigenvalue weighted by atomic mass is 9.47. The van der Waals surface area contributed by atoms with Crippen molar-refractivity contribution in [2.75, 3.05) is 33.9 Å². The molecular formula is C26H40INO5Si. The van der Waals surface area contributed by atoms with Crippen molar-refractivity contribution in [1.29, 1.82) is 0 Å². The predicted molar refractivity (Wildman–Crippen MR) is 128 cm³/mol. The van der Waals surface area contributed by atoms with Crippen LogP contribution >= 0.6 is 0 Å². The van der Waals surface area contributed by atoms with Crippen molar-refractivity contribution in [2.24, 2.45) is 0 Å². The Balaban J connectivity index is 0.00000241. The maximum Gasteiger partial charge on any atom is 0.250 e. The fourth-order valence-electron chi connectivity index (χ4n) is 7.39. The van der Waals surface area contributed by atoms with Crippen LogP contribution in [0.3, 0.4) is 0 Å². The van der Waals surface area contributed by atoms with Crippen molar-refractivity contribution in [3.63, 3.8) is 0 Å². The molecule has 3 heterocycles. The summed E-state index contributed by atoms with van der Waals surface area (Å²) in [5.41, 5.74) is 1.10. The van der Waals surface area contributed by atoms with Gasteiger partial charge >= 0.3 is 0 Å². The molecule has 0 aromatic heterocycles. The van der Waals surface area contributed by atoms with E-state index in [1.807, 2.05) is 0 Å². The second-order valence-electron chi connectivity index (χ2n) is 13.2. The van der Waals surface area contributed by atoms with Crippen LogP contribution in [0.5, 0.6) is 11.5 Å². The average molecular weight is 602 g/mol. The summed E-state index contributed by atoms with van der Waals surface area (Å²) in [5.74, 6) is 0.886. The van der Waals surface area contributed by atoms with E-state index in [9.17, 15) is 5.11 Å². The molecule has 190 valence electrons. The van der Waals surface area contributed by atoms with E-state index in [1.54, 1.807) is 0 Å². The number of nitrogens with zero attached hydrogens (tertiary/aromatic N) is 1. The third-order valence-electron chi connectivity index (χ3n) is 10.2. The molecule has 8 heteroatoms. The summed E-state index contributed by atoms with van der Waals surface area (Å²) in [5, 5.41) is 12.7. The Morgan fingerprint density at radius 1 is 1.09 bits per heavy atom. The van der Waals surface area contributed by atoms with Gasteiger partial charge in [0, 0.05) is 24.8 Å². The minimum Gasteiger partial charge on any atom is -1.00 e. The van der Waals surface area contributed by atoms with E-state index in [4.69, 9.17) is 18.6 Å². The van der Waals surface area contributed by atoms with E-state index >= 15 is 0 Å². The lowest BCUT2D eigenvalue weighted by Crippen LogP contribution is -3.00. The Labute approximate surface area is 222 Å². The highest BCUT2D eigenvalue weighted by atomic mass is 127. The zero-order valence-corrected chi connectivity index (χ0v) is 24.8. The fraction of sp³-hybridized carbons (Fsp3) is 0.769. The van der Waals surface area contributed by atoms with Crippen molar-refractivity contribution in [2.45, 2.75) is 93.5 Å². The monoisotopic (exact) mass is 601 g/mol. The van der Waals surface area contributed by atoms with E-state index in [0.29, 0.717) is 26.1 Å². The van der Waals surface area contributed by atoms with Crippen LogP contribution in [0.1, 0.15) is 51.2 Å². The van der Waals surface area contributed by atoms with E-state index in [0.717, 1.165) is 35.4 Å². The van der Waals surface area contributed by atoms with Gasteiger partial charge in [0.05, 0.1) is 39.3 Å². The molecule has 2 bridgehead atoms. The molecule has 0 amide bonds. The van der Waals surface area contributed by atoms with E-state index in [-0.39, 0.29) is 41.2 Å². The van der Waals surface area contributed by atoms with Crippen molar-refractivity contribution in [3.05, 3.63) is 23.3 Å². The van der Waals surface area contributed by atoms with Gasteiger partial charge < -0.3 is 52.2 Å². The third-order valence-corrected chi connectivity index (χ3v) is 14.5. The first kappa shape index (κ1) is 25.3. The highest BCUT2D eigenvalue weighted by molar-refractivity contribution is 6.74. The van der Waals surface area contributed by atoms with Crippen LogP contribution in [0.2, 0.25) is 18.1 Å². The topological polar surface area (TPSA) is 57.2 Å². The smallest absolute Gasteiger partial charge is 0.250 e. The summed E-state index contributed by atoms with van der Waals surface area (Å²) in [4.78, 5) is 0. The Bertz CT molecular complexity index is 1020. The molecule has 2 aliphatic carbocycles. The van der Waals surface area contributed by atoms with E-state index in [1.165, 1.54) is 11.1 Å². The molecule has 1 N–H and O–H groups in total.